The first-order valence-electron chi connectivity index (χ1n) is 6.66. The lowest BCUT2D eigenvalue weighted by molar-refractivity contribution is -0.139. The first-order valence-corrected chi connectivity index (χ1v) is 7.71. The van der Waals surface area contributed by atoms with Crippen LogP contribution < -0.4 is 10.7 Å². The maximum absolute atomic E-state index is 12.1. The summed E-state index contributed by atoms with van der Waals surface area (Å²) in [5.74, 6) is -3.18. The third-order valence-corrected chi connectivity index (χ3v) is 3.30. The number of hydrazone groups is 1. The monoisotopic (exact) mass is 357 g/mol. The van der Waals surface area contributed by atoms with Crippen LogP contribution in [0.1, 0.15) is 17.3 Å². The van der Waals surface area contributed by atoms with Crippen molar-refractivity contribution in [3.05, 3.63) is 47.8 Å². The zero-order chi connectivity index (χ0) is 17.4. The zero-order valence-electron chi connectivity index (χ0n) is 12.2. The van der Waals surface area contributed by atoms with E-state index in [4.69, 9.17) is 8.83 Å². The molecule has 0 aliphatic rings. The molecule has 0 radical (unpaired) electrons. The topological polar surface area (TPSA) is 96.8 Å². The molecule has 2 rings (SSSR count). The van der Waals surface area contributed by atoms with Gasteiger partial charge in [-0.25, -0.2) is 5.43 Å². The Balaban J connectivity index is 1.74. The number of nitrogens with one attached hydrogen (secondary N) is 2. The molecule has 24 heavy (non-hydrogen) atoms. The van der Waals surface area contributed by atoms with E-state index < -0.39 is 17.6 Å². The summed E-state index contributed by atoms with van der Waals surface area (Å²) in [5, 5.41) is 5.91. The number of thioether (sulfide) groups is 1. The second kappa shape index (κ2) is 8.87. The number of nitrogens with zero attached hydrogens (tertiary/aromatic N) is 1. The van der Waals surface area contributed by atoms with Crippen molar-refractivity contribution in [2.24, 2.45) is 5.10 Å². The Labute approximate surface area is 139 Å². The van der Waals surface area contributed by atoms with Gasteiger partial charge in [0.15, 0.2) is 0 Å². The molecule has 2 aromatic rings. The summed E-state index contributed by atoms with van der Waals surface area (Å²) in [6, 6.07) is 6.34. The molecule has 0 unspecified atom stereocenters. The van der Waals surface area contributed by atoms with E-state index in [9.17, 15) is 18.4 Å². The normalized spacial score (nSPS) is 11.1. The second-order valence-electron chi connectivity index (χ2n) is 4.34. The fraction of sp³-hybridized carbons (Fsp3) is 0.214. The molecule has 128 valence electrons. The van der Waals surface area contributed by atoms with Gasteiger partial charge >= 0.3 is 11.8 Å². The zero-order valence-corrected chi connectivity index (χ0v) is 13.0. The van der Waals surface area contributed by atoms with Crippen LogP contribution in [0.3, 0.4) is 0 Å². The summed E-state index contributed by atoms with van der Waals surface area (Å²) < 4.78 is 34.3. The molecular formula is C14H13F2N3O4S. The van der Waals surface area contributed by atoms with Crippen LogP contribution in [-0.2, 0) is 21.9 Å². The first kappa shape index (κ1) is 17.7. The number of hydrogen-bond acceptors (Lipinski definition) is 6. The molecule has 0 bridgehead atoms. The van der Waals surface area contributed by atoms with Crippen LogP contribution in [0.15, 0.2) is 44.5 Å². The molecule has 7 nitrogen and oxygen atoms in total. The Bertz CT molecular complexity index is 701. The van der Waals surface area contributed by atoms with E-state index >= 15 is 0 Å². The molecule has 10 heteroatoms. The van der Waals surface area contributed by atoms with Gasteiger partial charge in [0.2, 0.25) is 0 Å². The summed E-state index contributed by atoms with van der Waals surface area (Å²) in [4.78, 5) is 23.0. The van der Waals surface area contributed by atoms with Gasteiger partial charge in [0.1, 0.15) is 17.3 Å². The van der Waals surface area contributed by atoms with Crippen molar-refractivity contribution in [1.82, 2.24) is 10.7 Å². The predicted molar refractivity (Wildman–Crippen MR) is 82.3 cm³/mol. The molecule has 0 aliphatic carbocycles. The van der Waals surface area contributed by atoms with E-state index in [0.717, 1.165) is 6.21 Å². The molecule has 0 spiro atoms. The van der Waals surface area contributed by atoms with Gasteiger partial charge in [0, 0.05) is 0 Å². The number of alkyl halides is 2. The Morgan fingerprint density at radius 1 is 1.25 bits per heavy atom. The highest BCUT2D eigenvalue weighted by molar-refractivity contribution is 7.98. The minimum Gasteiger partial charge on any atom is -0.467 e. The number of carbonyl (C=O) groups is 2. The first-order chi connectivity index (χ1) is 11.5. The summed E-state index contributed by atoms with van der Waals surface area (Å²) >= 11 is 0.433. The average molecular weight is 357 g/mol. The van der Waals surface area contributed by atoms with Crippen molar-refractivity contribution in [2.75, 3.05) is 0 Å². The second-order valence-corrected chi connectivity index (χ2v) is 5.32. The molecule has 0 aliphatic heterocycles. The molecular weight excluding hydrogens is 344 g/mol. The van der Waals surface area contributed by atoms with Crippen LogP contribution in [0.2, 0.25) is 0 Å². The number of halogens is 2. The van der Waals surface area contributed by atoms with E-state index in [0.29, 0.717) is 23.3 Å². The maximum atomic E-state index is 12.1. The number of furan rings is 2. The average Bonchev–Trinajstić information content (AvgIpc) is 3.22. The van der Waals surface area contributed by atoms with Crippen molar-refractivity contribution in [2.45, 2.75) is 18.1 Å². The van der Waals surface area contributed by atoms with Gasteiger partial charge in [-0.05, 0) is 24.3 Å². The van der Waals surface area contributed by atoms with E-state index in [1.54, 1.807) is 12.1 Å². The number of carbonyl (C=O) groups excluding carboxylic acids is 2. The van der Waals surface area contributed by atoms with Gasteiger partial charge in [-0.15, -0.1) is 0 Å². The van der Waals surface area contributed by atoms with E-state index in [1.165, 1.54) is 18.4 Å². The predicted octanol–water partition coefficient (Wildman–Crippen LogP) is 2.09. The lowest BCUT2D eigenvalue weighted by Crippen LogP contribution is -2.37. The SMILES string of the molecule is O=C(NCc1ccco1)C(=O)N/N=C\c1ccc(CSC(F)F)o1. The van der Waals surface area contributed by atoms with Crippen LogP contribution >= 0.6 is 11.8 Å². The maximum Gasteiger partial charge on any atom is 0.329 e. The van der Waals surface area contributed by atoms with Crippen molar-refractivity contribution in [3.8, 4) is 0 Å². The Kier molecular flexibility index (Phi) is 6.55. The largest absolute Gasteiger partial charge is 0.467 e. The van der Waals surface area contributed by atoms with Gasteiger partial charge in [-0.1, -0.05) is 11.8 Å². The number of amides is 2. The molecule has 2 N–H and O–H groups in total. The van der Waals surface area contributed by atoms with Crippen LogP contribution in [0, 0.1) is 0 Å². The highest BCUT2D eigenvalue weighted by atomic mass is 32.2. The van der Waals surface area contributed by atoms with Gasteiger partial charge < -0.3 is 14.2 Å². The lowest BCUT2D eigenvalue weighted by atomic mass is 10.4. The highest BCUT2D eigenvalue weighted by Crippen LogP contribution is 2.20. The molecule has 2 aromatic heterocycles. The highest BCUT2D eigenvalue weighted by Gasteiger charge is 2.12. The minimum absolute atomic E-state index is 0.0209. The van der Waals surface area contributed by atoms with Crippen molar-refractivity contribution in [3.63, 3.8) is 0 Å². The standard InChI is InChI=1S/C14H13F2N3O4S/c15-14(16)24-8-11-4-3-10(23-11)7-18-19-13(21)12(20)17-6-9-2-1-5-22-9/h1-5,7,14H,6,8H2,(H,17,20)(H,19,21)/b18-7-. The Hall–Kier alpha value is -2.62. The molecule has 0 saturated heterocycles. The third-order valence-electron chi connectivity index (χ3n) is 2.60. The summed E-state index contributed by atoms with van der Waals surface area (Å²) in [6.45, 7) is 0.0757. The quantitative estimate of drug-likeness (QED) is 0.449. The van der Waals surface area contributed by atoms with Crippen molar-refractivity contribution >= 4 is 29.8 Å². The molecule has 0 saturated carbocycles. The number of rotatable bonds is 7. The molecule has 2 amide bonds. The van der Waals surface area contributed by atoms with Gasteiger partial charge in [0.25, 0.3) is 5.76 Å². The lowest BCUT2D eigenvalue weighted by Gasteiger charge is -2.01. The van der Waals surface area contributed by atoms with Crippen LogP contribution in [0.25, 0.3) is 0 Å². The van der Waals surface area contributed by atoms with Crippen LogP contribution in [-0.4, -0.2) is 23.8 Å². The molecule has 0 fully saturated rings. The minimum atomic E-state index is -2.48. The Morgan fingerprint density at radius 2 is 2.08 bits per heavy atom. The van der Waals surface area contributed by atoms with Crippen LogP contribution in [0.5, 0.6) is 0 Å². The van der Waals surface area contributed by atoms with E-state index in [2.05, 4.69) is 10.4 Å². The van der Waals surface area contributed by atoms with Gasteiger partial charge in [0.05, 0.1) is 24.8 Å². The fourth-order valence-corrected chi connectivity index (χ4v) is 2.00. The van der Waals surface area contributed by atoms with E-state index in [-0.39, 0.29) is 18.1 Å². The van der Waals surface area contributed by atoms with E-state index in [1.807, 2.05) is 5.43 Å². The third kappa shape index (κ3) is 5.88. The number of hydrogen-bond donors (Lipinski definition) is 2. The molecule has 0 aromatic carbocycles. The van der Waals surface area contributed by atoms with Gasteiger partial charge in [-0.2, -0.15) is 13.9 Å². The summed E-state index contributed by atoms with van der Waals surface area (Å²) in [7, 11) is 0. The van der Waals surface area contributed by atoms with Gasteiger partial charge in [-0.3, -0.25) is 9.59 Å². The molecule has 2 heterocycles. The fourth-order valence-electron chi connectivity index (χ4n) is 1.55. The van der Waals surface area contributed by atoms with Crippen molar-refractivity contribution in [1.29, 1.82) is 0 Å². The smallest absolute Gasteiger partial charge is 0.329 e. The summed E-state index contributed by atoms with van der Waals surface area (Å²) in [5.41, 5.74) is 2.02. The summed E-state index contributed by atoms with van der Waals surface area (Å²) in [6.07, 6.45) is 2.61. The van der Waals surface area contributed by atoms with Crippen LogP contribution in [0.4, 0.5) is 8.78 Å². The Morgan fingerprint density at radius 3 is 2.79 bits per heavy atom. The molecule has 0 atom stereocenters. The van der Waals surface area contributed by atoms with Crippen molar-refractivity contribution < 1.29 is 27.2 Å².